The van der Waals surface area contributed by atoms with Crippen molar-refractivity contribution >= 4 is 29.0 Å². The van der Waals surface area contributed by atoms with Gasteiger partial charge in [-0.1, -0.05) is 65.0 Å². The van der Waals surface area contributed by atoms with Gasteiger partial charge in [-0.25, -0.2) is 9.18 Å². The summed E-state index contributed by atoms with van der Waals surface area (Å²) in [5.74, 6) is -0.604. The molecule has 1 aliphatic rings. The van der Waals surface area contributed by atoms with Crippen LogP contribution in [0.15, 0.2) is 54.7 Å². The van der Waals surface area contributed by atoms with E-state index in [0.29, 0.717) is 16.8 Å². The first-order valence-corrected chi connectivity index (χ1v) is 12.7. The van der Waals surface area contributed by atoms with E-state index in [4.69, 9.17) is 5.11 Å². The van der Waals surface area contributed by atoms with Crippen LogP contribution in [-0.4, -0.2) is 63.4 Å². The number of hydrogen-bond acceptors (Lipinski definition) is 7. The van der Waals surface area contributed by atoms with Gasteiger partial charge in [0.25, 0.3) is 0 Å². The van der Waals surface area contributed by atoms with Gasteiger partial charge in [-0.2, -0.15) is 0 Å². The van der Waals surface area contributed by atoms with E-state index in [9.17, 15) is 14.1 Å². The summed E-state index contributed by atoms with van der Waals surface area (Å²) >= 11 is 0. The quantitative estimate of drug-likeness (QED) is 0.325. The third-order valence-corrected chi connectivity index (χ3v) is 5.05. The van der Waals surface area contributed by atoms with Crippen molar-refractivity contribution in [3.05, 3.63) is 77.0 Å². The van der Waals surface area contributed by atoms with E-state index in [0.717, 1.165) is 44.4 Å². The maximum absolute atomic E-state index is 14.0. The van der Waals surface area contributed by atoms with Crippen molar-refractivity contribution in [3.8, 4) is 0 Å². The molecule has 0 unspecified atom stereocenters. The number of allylic oxidation sites excluding steroid dienone is 1. The van der Waals surface area contributed by atoms with Gasteiger partial charge >= 0.3 is 5.97 Å². The van der Waals surface area contributed by atoms with E-state index in [1.165, 1.54) is 37.8 Å². The highest BCUT2D eigenvalue weighted by Gasteiger charge is 2.17. The molecule has 2 aromatic rings. The Hall–Kier alpha value is -3.36. The van der Waals surface area contributed by atoms with E-state index in [2.05, 4.69) is 53.8 Å². The second-order valence-electron chi connectivity index (χ2n) is 8.00. The molecule has 0 amide bonds. The minimum Gasteiger partial charge on any atom is -0.465 e. The number of likely N-dealkylation sites (N-methyl/N-ethyl adjacent to an activating group) is 1. The fourth-order valence-corrected chi connectivity index (χ4v) is 3.15. The molecule has 3 rings (SSSR count). The molecular weight excluding hydrogens is 485 g/mol. The SMILES string of the molecule is C=C(C)c1ccc(N2CCN(C)CC2)c(F)c1.C=Cc1cc(N=O)ccc1C(=O)OC.CC.CCC.CO. The number of nitrogens with zero attached hydrogens (tertiary/aromatic N) is 3. The molecule has 0 atom stereocenters. The van der Waals surface area contributed by atoms with Crippen molar-refractivity contribution < 1.29 is 19.0 Å². The summed E-state index contributed by atoms with van der Waals surface area (Å²) in [5, 5.41) is 9.76. The Labute approximate surface area is 228 Å². The lowest BCUT2D eigenvalue weighted by Crippen LogP contribution is -2.44. The molecule has 8 heteroatoms. The van der Waals surface area contributed by atoms with Crippen LogP contribution in [0.2, 0.25) is 0 Å². The van der Waals surface area contributed by atoms with Crippen molar-refractivity contribution in [2.75, 3.05) is 52.3 Å². The van der Waals surface area contributed by atoms with E-state index in [1.54, 1.807) is 6.07 Å². The molecule has 1 N–H and O–H groups in total. The maximum Gasteiger partial charge on any atom is 0.338 e. The van der Waals surface area contributed by atoms with Gasteiger partial charge in [0, 0.05) is 33.3 Å². The standard InChI is InChI=1S/C14H19FN2.C10H9NO3.C3H8.C2H6.CH4O/c1-11(2)12-4-5-14(13(15)10-12)17-8-6-16(3)7-9-17;1-3-7-6-8(11-13)4-5-9(7)10(12)14-2;1-3-2;2*1-2/h4-5,10H,1,6-9H2,2-3H3;3-6H,1H2,2H3;3H2,1-2H3;1-2H3;2H,1H3. The van der Waals surface area contributed by atoms with Crippen molar-refractivity contribution in [1.29, 1.82) is 0 Å². The number of nitroso groups, excluding NO2 is 1. The number of aliphatic hydroxyl groups is 1. The van der Waals surface area contributed by atoms with E-state index in [1.807, 2.05) is 32.9 Å². The summed E-state index contributed by atoms with van der Waals surface area (Å²) in [4.78, 5) is 25.8. The highest BCUT2D eigenvalue weighted by atomic mass is 19.1. The Balaban J connectivity index is 0. The summed E-state index contributed by atoms with van der Waals surface area (Å²) < 4.78 is 18.6. The second-order valence-corrected chi connectivity index (χ2v) is 8.00. The van der Waals surface area contributed by atoms with Crippen LogP contribution in [-0.2, 0) is 4.74 Å². The fourth-order valence-electron chi connectivity index (χ4n) is 3.15. The van der Waals surface area contributed by atoms with E-state index >= 15 is 0 Å². The van der Waals surface area contributed by atoms with Gasteiger partial charge in [-0.05, 0) is 60.6 Å². The number of carbonyl (C=O) groups excluding carboxylic acids is 1. The summed E-state index contributed by atoms with van der Waals surface area (Å²) in [6, 6.07) is 9.80. The Kier molecular flexibility index (Phi) is 21.0. The number of rotatable bonds is 5. The second kappa shape index (κ2) is 21.7. The number of aliphatic hydroxyl groups excluding tert-OH is 1. The van der Waals surface area contributed by atoms with Gasteiger partial charge in [0.05, 0.1) is 18.4 Å². The number of esters is 1. The highest BCUT2D eigenvalue weighted by molar-refractivity contribution is 5.94. The number of halogens is 1. The van der Waals surface area contributed by atoms with Gasteiger partial charge in [-0.15, -0.1) is 4.91 Å². The minimum absolute atomic E-state index is 0.143. The van der Waals surface area contributed by atoms with Crippen molar-refractivity contribution in [2.45, 2.75) is 41.0 Å². The van der Waals surface area contributed by atoms with Gasteiger partial charge in [0.15, 0.2) is 0 Å². The van der Waals surface area contributed by atoms with E-state index < -0.39 is 5.97 Å². The average Bonchev–Trinajstić information content (AvgIpc) is 2.95. The van der Waals surface area contributed by atoms with Gasteiger partial charge in [-0.3, -0.25) is 0 Å². The number of benzene rings is 2. The molecule has 2 aromatic carbocycles. The molecule has 1 fully saturated rings. The predicted octanol–water partition coefficient (Wildman–Crippen LogP) is 7.18. The molecule has 38 heavy (non-hydrogen) atoms. The largest absolute Gasteiger partial charge is 0.465 e. The third kappa shape index (κ3) is 12.7. The Morgan fingerprint density at radius 1 is 1.11 bits per heavy atom. The van der Waals surface area contributed by atoms with Gasteiger partial charge in [0.1, 0.15) is 11.5 Å². The molecule has 0 aliphatic carbocycles. The van der Waals surface area contributed by atoms with Crippen LogP contribution in [0.1, 0.15) is 62.5 Å². The lowest BCUT2D eigenvalue weighted by atomic mass is 10.1. The zero-order valence-electron chi connectivity index (χ0n) is 24.4. The van der Waals surface area contributed by atoms with Crippen LogP contribution in [0.25, 0.3) is 11.6 Å². The maximum atomic E-state index is 14.0. The third-order valence-electron chi connectivity index (χ3n) is 5.05. The highest BCUT2D eigenvalue weighted by Crippen LogP contribution is 2.24. The number of ether oxygens (including phenoxy) is 1. The lowest BCUT2D eigenvalue weighted by molar-refractivity contribution is 0.0600. The molecule has 0 aromatic heterocycles. The van der Waals surface area contributed by atoms with Crippen LogP contribution in [0.3, 0.4) is 0 Å². The molecule has 0 saturated carbocycles. The topological polar surface area (TPSA) is 82.4 Å². The van der Waals surface area contributed by atoms with Crippen LogP contribution < -0.4 is 4.90 Å². The number of anilines is 1. The minimum atomic E-state index is -0.461. The number of carbonyl (C=O) groups is 1. The van der Waals surface area contributed by atoms with Crippen LogP contribution in [0, 0.1) is 10.7 Å². The smallest absolute Gasteiger partial charge is 0.338 e. The first kappa shape index (κ1) is 36.8. The fraction of sp³-hybridized carbons (Fsp3) is 0.433. The molecule has 212 valence electrons. The van der Waals surface area contributed by atoms with Crippen LogP contribution >= 0.6 is 0 Å². The van der Waals surface area contributed by atoms with Crippen LogP contribution in [0.5, 0.6) is 0 Å². The molecule has 1 aliphatic heterocycles. The Morgan fingerprint density at radius 3 is 2.08 bits per heavy atom. The number of piperazine rings is 1. The van der Waals surface area contributed by atoms with Crippen molar-refractivity contribution in [3.63, 3.8) is 0 Å². The summed E-state index contributed by atoms with van der Waals surface area (Å²) in [5.41, 5.74) is 3.65. The molecule has 1 heterocycles. The number of hydrogen-bond donors (Lipinski definition) is 1. The summed E-state index contributed by atoms with van der Waals surface area (Å²) in [6.07, 6.45) is 2.72. The summed E-state index contributed by atoms with van der Waals surface area (Å²) in [6.45, 7) is 21.3. The molecule has 0 radical (unpaired) electrons. The monoisotopic (exact) mass is 531 g/mol. The Morgan fingerprint density at radius 2 is 1.66 bits per heavy atom. The first-order chi connectivity index (χ1) is 18.2. The van der Waals surface area contributed by atoms with Crippen molar-refractivity contribution in [1.82, 2.24) is 4.90 Å². The van der Waals surface area contributed by atoms with Crippen LogP contribution in [0.4, 0.5) is 15.8 Å². The molecule has 1 saturated heterocycles. The number of methoxy groups -OCH3 is 1. The van der Waals surface area contributed by atoms with Gasteiger partial charge < -0.3 is 19.6 Å². The normalized spacial score (nSPS) is 11.9. The average molecular weight is 532 g/mol. The predicted molar refractivity (Wildman–Crippen MR) is 160 cm³/mol. The summed E-state index contributed by atoms with van der Waals surface area (Å²) in [7, 11) is 4.39. The lowest BCUT2D eigenvalue weighted by Gasteiger charge is -2.34. The van der Waals surface area contributed by atoms with Crippen molar-refractivity contribution in [2.24, 2.45) is 5.18 Å². The zero-order chi connectivity index (χ0) is 29.7. The molecular formula is C30H46FN3O4. The first-order valence-electron chi connectivity index (χ1n) is 12.7. The Bertz CT molecular complexity index is 987. The molecule has 7 nitrogen and oxygen atoms in total. The zero-order valence-corrected chi connectivity index (χ0v) is 24.4. The molecule has 0 bridgehead atoms. The van der Waals surface area contributed by atoms with E-state index in [-0.39, 0.29) is 11.5 Å². The molecule has 0 spiro atoms. The van der Waals surface area contributed by atoms with Gasteiger partial charge in [0.2, 0.25) is 0 Å².